The zero-order chi connectivity index (χ0) is 18.0. The van der Waals surface area contributed by atoms with Crippen molar-refractivity contribution in [2.75, 3.05) is 28.2 Å². The van der Waals surface area contributed by atoms with Gasteiger partial charge in [0, 0.05) is 12.1 Å². The quantitative estimate of drug-likeness (QED) is 0.615. The number of carbonyl (C=O) groups is 1. The molecular formula is C15H18N4O3S3. The number of thioether (sulfide) groups is 1. The van der Waals surface area contributed by atoms with E-state index in [0.717, 1.165) is 28.5 Å². The highest BCUT2D eigenvalue weighted by atomic mass is 32.2. The summed E-state index contributed by atoms with van der Waals surface area (Å²) in [5.74, 6) is 0.619. The number of benzene rings is 1. The van der Waals surface area contributed by atoms with Crippen molar-refractivity contribution in [3.63, 3.8) is 0 Å². The lowest BCUT2D eigenvalue weighted by Gasteiger charge is -2.29. The van der Waals surface area contributed by atoms with Gasteiger partial charge in [-0.15, -0.1) is 10.2 Å². The fourth-order valence-electron chi connectivity index (χ4n) is 2.66. The van der Waals surface area contributed by atoms with Crippen molar-refractivity contribution in [1.29, 1.82) is 0 Å². The summed E-state index contributed by atoms with van der Waals surface area (Å²) in [5.41, 5.74) is 2.00. The lowest BCUT2D eigenvalue weighted by atomic mass is 10.0. The molecule has 0 saturated carbocycles. The number of sulfonamides is 1. The minimum absolute atomic E-state index is 0.275. The molecule has 2 aromatic rings. The number of anilines is 2. The summed E-state index contributed by atoms with van der Waals surface area (Å²) < 4.78 is 26.0. The Morgan fingerprint density at radius 3 is 2.92 bits per heavy atom. The predicted molar refractivity (Wildman–Crippen MR) is 101 cm³/mol. The fraction of sp³-hybridized carbons (Fsp3) is 0.400. The lowest BCUT2D eigenvalue weighted by molar-refractivity contribution is 0.102. The third-order valence-electron chi connectivity index (χ3n) is 3.71. The molecule has 3 rings (SSSR count). The summed E-state index contributed by atoms with van der Waals surface area (Å²) in [6.07, 6.45) is 2.68. The molecule has 0 spiro atoms. The van der Waals surface area contributed by atoms with E-state index in [-0.39, 0.29) is 5.91 Å². The van der Waals surface area contributed by atoms with Gasteiger partial charge in [-0.05, 0) is 42.4 Å². The number of fused-ring (bicyclic) bond motifs is 1. The highest BCUT2D eigenvalue weighted by molar-refractivity contribution is 8.01. The Hall–Kier alpha value is -1.65. The van der Waals surface area contributed by atoms with Gasteiger partial charge in [0.05, 0.1) is 11.9 Å². The molecule has 0 bridgehead atoms. The summed E-state index contributed by atoms with van der Waals surface area (Å²) in [6, 6.07) is 5.09. The van der Waals surface area contributed by atoms with E-state index in [1.165, 1.54) is 21.9 Å². The van der Waals surface area contributed by atoms with Gasteiger partial charge in [0.25, 0.3) is 5.91 Å². The van der Waals surface area contributed by atoms with E-state index < -0.39 is 10.0 Å². The van der Waals surface area contributed by atoms with Crippen molar-refractivity contribution in [3.05, 3.63) is 29.3 Å². The van der Waals surface area contributed by atoms with Crippen LogP contribution in [-0.2, 0) is 16.4 Å². The first-order valence-electron chi connectivity index (χ1n) is 7.77. The van der Waals surface area contributed by atoms with Crippen molar-refractivity contribution >= 4 is 49.8 Å². The number of rotatable bonds is 5. The topological polar surface area (TPSA) is 92.3 Å². The molecule has 1 aromatic heterocycles. The van der Waals surface area contributed by atoms with Crippen molar-refractivity contribution < 1.29 is 13.2 Å². The van der Waals surface area contributed by atoms with Gasteiger partial charge in [-0.2, -0.15) is 0 Å². The average Bonchev–Trinajstić information content (AvgIpc) is 3.00. The van der Waals surface area contributed by atoms with E-state index in [4.69, 9.17) is 0 Å². The zero-order valence-corrected chi connectivity index (χ0v) is 16.3. The average molecular weight is 399 g/mol. The number of aromatic nitrogens is 2. The van der Waals surface area contributed by atoms with E-state index in [0.29, 0.717) is 22.9 Å². The van der Waals surface area contributed by atoms with Crippen LogP contribution >= 0.6 is 23.1 Å². The zero-order valence-electron chi connectivity index (χ0n) is 13.9. The molecule has 7 nitrogen and oxygen atoms in total. The molecule has 0 fully saturated rings. The second-order valence-electron chi connectivity index (χ2n) is 5.54. The number of nitrogens with zero attached hydrogens (tertiary/aromatic N) is 3. The first-order chi connectivity index (χ1) is 11.9. The molecular weight excluding hydrogens is 380 g/mol. The van der Waals surface area contributed by atoms with Crippen molar-refractivity contribution in [1.82, 2.24) is 10.2 Å². The maximum absolute atomic E-state index is 12.4. The monoisotopic (exact) mass is 398 g/mol. The standard InChI is InChI=1S/C15H18N4O3S3/c1-3-23-15-18-17-14(24-15)16-13(20)11-6-7-12-10(9-11)5-4-8-19(12)25(2,21)22/h6-7,9H,3-5,8H2,1-2H3,(H,16,17,20). The Balaban J connectivity index is 1.80. The van der Waals surface area contributed by atoms with Gasteiger partial charge in [0.15, 0.2) is 4.34 Å². The van der Waals surface area contributed by atoms with Crippen LogP contribution in [0.4, 0.5) is 10.8 Å². The number of nitrogens with one attached hydrogen (secondary N) is 1. The van der Waals surface area contributed by atoms with E-state index in [1.807, 2.05) is 6.92 Å². The highest BCUT2D eigenvalue weighted by Crippen LogP contribution is 2.30. The molecule has 2 heterocycles. The van der Waals surface area contributed by atoms with Gasteiger partial charge >= 0.3 is 0 Å². The molecule has 1 aliphatic heterocycles. The van der Waals surface area contributed by atoms with Crippen molar-refractivity contribution in [2.24, 2.45) is 0 Å². The molecule has 0 aliphatic carbocycles. The molecule has 1 N–H and O–H groups in total. The van der Waals surface area contributed by atoms with E-state index in [9.17, 15) is 13.2 Å². The largest absolute Gasteiger partial charge is 0.296 e. The molecule has 1 aromatic carbocycles. The van der Waals surface area contributed by atoms with Crippen LogP contribution in [0.15, 0.2) is 22.5 Å². The Morgan fingerprint density at radius 1 is 1.40 bits per heavy atom. The summed E-state index contributed by atoms with van der Waals surface area (Å²) in [7, 11) is -3.31. The van der Waals surface area contributed by atoms with Gasteiger partial charge in [-0.25, -0.2) is 8.42 Å². The van der Waals surface area contributed by atoms with Crippen LogP contribution in [0.3, 0.4) is 0 Å². The maximum Gasteiger partial charge on any atom is 0.257 e. The van der Waals surface area contributed by atoms with E-state index in [2.05, 4.69) is 15.5 Å². The molecule has 0 atom stereocenters. The third kappa shape index (κ3) is 4.13. The van der Waals surface area contributed by atoms with Gasteiger partial charge < -0.3 is 0 Å². The van der Waals surface area contributed by atoms with Gasteiger partial charge in [0.2, 0.25) is 15.2 Å². The Labute approximate surface area is 154 Å². The van der Waals surface area contributed by atoms with Crippen LogP contribution in [0.25, 0.3) is 0 Å². The Kier molecular flexibility index (Phi) is 5.30. The van der Waals surface area contributed by atoms with Gasteiger partial charge in [0.1, 0.15) is 0 Å². The van der Waals surface area contributed by atoms with Crippen LogP contribution in [0.1, 0.15) is 29.3 Å². The molecule has 134 valence electrons. The minimum Gasteiger partial charge on any atom is -0.296 e. The lowest BCUT2D eigenvalue weighted by Crippen LogP contribution is -2.34. The number of amides is 1. The second-order valence-corrected chi connectivity index (χ2v) is 9.94. The molecule has 0 radical (unpaired) electrons. The van der Waals surface area contributed by atoms with Crippen molar-refractivity contribution in [3.8, 4) is 0 Å². The predicted octanol–water partition coefficient (Wildman–Crippen LogP) is 2.61. The fourth-order valence-corrected chi connectivity index (χ4v) is 5.30. The second kappa shape index (κ2) is 7.30. The summed E-state index contributed by atoms with van der Waals surface area (Å²) in [5, 5.41) is 11.2. The maximum atomic E-state index is 12.4. The molecule has 1 aliphatic rings. The summed E-state index contributed by atoms with van der Waals surface area (Å²) >= 11 is 2.91. The minimum atomic E-state index is -3.31. The molecule has 0 saturated heterocycles. The molecule has 25 heavy (non-hydrogen) atoms. The van der Waals surface area contributed by atoms with Crippen molar-refractivity contribution in [2.45, 2.75) is 24.1 Å². The van der Waals surface area contributed by atoms with E-state index in [1.54, 1.807) is 30.0 Å². The van der Waals surface area contributed by atoms with Crippen LogP contribution in [0.2, 0.25) is 0 Å². The van der Waals surface area contributed by atoms with Gasteiger partial charge in [-0.1, -0.05) is 30.0 Å². The molecule has 10 heteroatoms. The van der Waals surface area contributed by atoms with Crippen LogP contribution in [0.5, 0.6) is 0 Å². The van der Waals surface area contributed by atoms with Crippen LogP contribution in [0, 0.1) is 0 Å². The van der Waals surface area contributed by atoms with Crippen LogP contribution < -0.4 is 9.62 Å². The van der Waals surface area contributed by atoms with Crippen LogP contribution in [-0.4, -0.2) is 43.1 Å². The SMILES string of the molecule is CCSc1nnc(NC(=O)c2ccc3c(c2)CCCN3S(C)(=O)=O)s1. The molecule has 1 amide bonds. The molecule has 0 unspecified atom stereocenters. The number of hydrogen-bond acceptors (Lipinski definition) is 7. The number of carbonyl (C=O) groups excluding carboxylic acids is 1. The highest BCUT2D eigenvalue weighted by Gasteiger charge is 2.24. The summed E-state index contributed by atoms with van der Waals surface area (Å²) in [4.78, 5) is 12.4. The normalized spacial score (nSPS) is 14.2. The summed E-state index contributed by atoms with van der Waals surface area (Å²) in [6.45, 7) is 2.50. The number of hydrogen-bond donors (Lipinski definition) is 1. The van der Waals surface area contributed by atoms with Gasteiger partial charge in [-0.3, -0.25) is 14.4 Å². The smallest absolute Gasteiger partial charge is 0.257 e. The number of aryl methyl sites for hydroxylation is 1. The van der Waals surface area contributed by atoms with E-state index >= 15 is 0 Å². The first-order valence-corrected chi connectivity index (χ1v) is 11.4. The first kappa shape index (κ1) is 18.2. The Morgan fingerprint density at radius 2 is 2.20 bits per heavy atom. The third-order valence-corrected chi connectivity index (χ3v) is 6.75. The Bertz CT molecular complexity index is 895.